The summed E-state index contributed by atoms with van der Waals surface area (Å²) >= 11 is 0. The number of hydrogen-bond donors (Lipinski definition) is 0. The zero-order valence-electron chi connectivity index (χ0n) is 17.7. The van der Waals surface area contributed by atoms with Gasteiger partial charge in [0.1, 0.15) is 23.9 Å². The van der Waals surface area contributed by atoms with Gasteiger partial charge in [0.25, 0.3) is 0 Å². The largest absolute Gasteiger partial charge is 0.493 e. The first-order chi connectivity index (χ1) is 15.4. The predicted octanol–water partition coefficient (Wildman–Crippen LogP) is 3.74. The molecule has 0 fully saturated rings. The van der Waals surface area contributed by atoms with Gasteiger partial charge in [-0.3, -0.25) is 0 Å². The van der Waals surface area contributed by atoms with Gasteiger partial charge in [-0.2, -0.15) is 0 Å². The standard InChI is InChI=1S/C24H21FO7/c1-13-11-18-20(23(26)31-13)19(22(32-18)24(27)29-3)15-8-6-10-17(28-2)21(15)30-12-14-7-4-5-9-16(14)25/h4-11,19,22H,12H2,1-3H3. The smallest absolute Gasteiger partial charge is 0.348 e. The van der Waals surface area contributed by atoms with Crippen molar-refractivity contribution in [2.45, 2.75) is 25.6 Å². The number of benzene rings is 2. The minimum atomic E-state index is -1.14. The van der Waals surface area contributed by atoms with Gasteiger partial charge in [0.05, 0.1) is 25.7 Å². The highest BCUT2D eigenvalue weighted by atomic mass is 19.1. The molecule has 0 radical (unpaired) electrons. The van der Waals surface area contributed by atoms with Gasteiger partial charge < -0.3 is 23.4 Å². The number of aryl methyl sites for hydroxylation is 1. The minimum absolute atomic E-state index is 0.0914. The Morgan fingerprint density at radius 1 is 1.12 bits per heavy atom. The molecule has 1 aliphatic heterocycles. The van der Waals surface area contributed by atoms with E-state index >= 15 is 0 Å². The van der Waals surface area contributed by atoms with Crippen LogP contribution in [0.3, 0.4) is 0 Å². The normalized spacial score (nSPS) is 16.8. The molecule has 2 heterocycles. The van der Waals surface area contributed by atoms with Crippen LogP contribution in [0.15, 0.2) is 57.7 Å². The highest BCUT2D eigenvalue weighted by molar-refractivity contribution is 5.79. The Labute approximate surface area is 183 Å². The molecule has 2 atom stereocenters. The van der Waals surface area contributed by atoms with Gasteiger partial charge in [-0.05, 0) is 19.1 Å². The van der Waals surface area contributed by atoms with E-state index in [4.69, 9.17) is 23.4 Å². The lowest BCUT2D eigenvalue weighted by Gasteiger charge is -2.21. The van der Waals surface area contributed by atoms with Crippen molar-refractivity contribution in [2.24, 2.45) is 0 Å². The number of carbonyl (C=O) groups excluding carboxylic acids is 1. The number of hydrogen-bond acceptors (Lipinski definition) is 7. The fraction of sp³-hybridized carbons (Fsp3) is 0.250. The molecule has 3 aromatic rings. The third kappa shape index (κ3) is 3.79. The molecule has 4 rings (SSSR count). The predicted molar refractivity (Wildman–Crippen MR) is 112 cm³/mol. The van der Waals surface area contributed by atoms with E-state index in [2.05, 4.69) is 0 Å². The van der Waals surface area contributed by atoms with E-state index in [1.807, 2.05) is 0 Å². The zero-order valence-corrected chi connectivity index (χ0v) is 17.7. The lowest BCUT2D eigenvalue weighted by atomic mass is 9.88. The van der Waals surface area contributed by atoms with E-state index in [0.717, 1.165) is 0 Å². The number of halogens is 1. The molecule has 0 saturated carbocycles. The molecule has 2 unspecified atom stereocenters. The summed E-state index contributed by atoms with van der Waals surface area (Å²) in [6.07, 6.45) is -1.14. The van der Waals surface area contributed by atoms with Crippen molar-refractivity contribution in [3.63, 3.8) is 0 Å². The molecule has 7 nitrogen and oxygen atoms in total. The lowest BCUT2D eigenvalue weighted by molar-refractivity contribution is -0.148. The summed E-state index contributed by atoms with van der Waals surface area (Å²) < 4.78 is 41.5. The van der Waals surface area contributed by atoms with Crippen LogP contribution in [0.25, 0.3) is 0 Å². The Balaban J connectivity index is 1.84. The van der Waals surface area contributed by atoms with Crippen LogP contribution in [0.1, 0.15) is 28.4 Å². The average Bonchev–Trinajstić information content (AvgIpc) is 3.17. The number of fused-ring (bicyclic) bond motifs is 1. The summed E-state index contributed by atoms with van der Waals surface area (Å²) in [5.41, 5.74) is 0.340. The number of esters is 1. The first kappa shape index (κ1) is 21.4. The number of methoxy groups -OCH3 is 2. The maximum atomic E-state index is 14.1. The third-order valence-electron chi connectivity index (χ3n) is 5.27. The van der Waals surface area contributed by atoms with Crippen molar-refractivity contribution >= 4 is 5.97 Å². The second kappa shape index (κ2) is 8.74. The Morgan fingerprint density at radius 2 is 1.91 bits per heavy atom. The summed E-state index contributed by atoms with van der Waals surface area (Å²) in [6, 6.07) is 12.8. The highest BCUT2D eigenvalue weighted by Crippen LogP contribution is 2.46. The maximum absolute atomic E-state index is 14.1. The Bertz CT molecular complexity index is 1220. The van der Waals surface area contributed by atoms with Crippen LogP contribution < -0.4 is 19.8 Å². The molecule has 0 aliphatic carbocycles. The first-order valence-corrected chi connectivity index (χ1v) is 9.86. The molecule has 0 spiro atoms. The van der Waals surface area contributed by atoms with Crippen molar-refractivity contribution in [1.82, 2.24) is 0 Å². The van der Waals surface area contributed by atoms with Crippen molar-refractivity contribution < 1.29 is 32.5 Å². The van der Waals surface area contributed by atoms with Crippen molar-refractivity contribution in [2.75, 3.05) is 14.2 Å². The van der Waals surface area contributed by atoms with E-state index in [1.54, 1.807) is 49.4 Å². The molecule has 32 heavy (non-hydrogen) atoms. The van der Waals surface area contributed by atoms with Gasteiger partial charge in [-0.1, -0.05) is 30.3 Å². The van der Waals surface area contributed by atoms with E-state index in [1.165, 1.54) is 20.3 Å². The molecular weight excluding hydrogens is 419 g/mol. The number of carbonyl (C=O) groups is 1. The first-order valence-electron chi connectivity index (χ1n) is 9.86. The summed E-state index contributed by atoms with van der Waals surface area (Å²) in [7, 11) is 2.70. The molecule has 0 bridgehead atoms. The monoisotopic (exact) mass is 440 g/mol. The molecule has 0 amide bonds. The molecule has 1 aromatic heterocycles. The van der Waals surface area contributed by atoms with Gasteiger partial charge in [0.2, 0.25) is 6.10 Å². The lowest BCUT2D eigenvalue weighted by Crippen LogP contribution is -2.32. The van der Waals surface area contributed by atoms with Crippen molar-refractivity contribution in [3.8, 4) is 17.2 Å². The number of rotatable bonds is 6. The quantitative estimate of drug-likeness (QED) is 0.540. The van der Waals surface area contributed by atoms with E-state index in [0.29, 0.717) is 22.6 Å². The summed E-state index contributed by atoms with van der Waals surface area (Å²) in [4.78, 5) is 25.3. The molecule has 1 aliphatic rings. The summed E-state index contributed by atoms with van der Waals surface area (Å²) in [5, 5.41) is 0. The van der Waals surface area contributed by atoms with Gasteiger partial charge in [-0.15, -0.1) is 0 Å². The fourth-order valence-electron chi connectivity index (χ4n) is 3.80. The van der Waals surface area contributed by atoms with Crippen LogP contribution >= 0.6 is 0 Å². The topological polar surface area (TPSA) is 84.2 Å². The van der Waals surface area contributed by atoms with Crippen LogP contribution in [0.2, 0.25) is 0 Å². The number of para-hydroxylation sites is 1. The molecule has 0 saturated heterocycles. The Kier molecular flexibility index (Phi) is 5.85. The molecule has 166 valence electrons. The molecular formula is C24H21FO7. The van der Waals surface area contributed by atoms with Crippen LogP contribution in [0.4, 0.5) is 4.39 Å². The van der Waals surface area contributed by atoms with E-state index in [-0.39, 0.29) is 23.7 Å². The SMILES string of the molecule is COC(=O)C1Oc2cc(C)oc(=O)c2C1c1cccc(OC)c1OCc1ccccc1F. The van der Waals surface area contributed by atoms with E-state index in [9.17, 15) is 14.0 Å². The van der Waals surface area contributed by atoms with Gasteiger partial charge >= 0.3 is 11.6 Å². The summed E-state index contributed by atoms with van der Waals surface area (Å²) in [5.74, 6) is -0.754. The van der Waals surface area contributed by atoms with Gasteiger partial charge in [-0.25, -0.2) is 14.0 Å². The van der Waals surface area contributed by atoms with Crippen LogP contribution in [0, 0.1) is 12.7 Å². The van der Waals surface area contributed by atoms with Crippen molar-refractivity contribution in [1.29, 1.82) is 0 Å². The maximum Gasteiger partial charge on any atom is 0.348 e. The Hall–Kier alpha value is -3.81. The van der Waals surface area contributed by atoms with E-state index < -0.39 is 29.4 Å². The third-order valence-corrected chi connectivity index (χ3v) is 5.27. The van der Waals surface area contributed by atoms with Crippen LogP contribution in [0.5, 0.6) is 17.2 Å². The second-order valence-corrected chi connectivity index (χ2v) is 7.22. The summed E-state index contributed by atoms with van der Waals surface area (Å²) in [6.45, 7) is 1.52. The molecule has 0 N–H and O–H groups in total. The molecule has 8 heteroatoms. The van der Waals surface area contributed by atoms with Crippen LogP contribution in [-0.2, 0) is 16.1 Å². The van der Waals surface area contributed by atoms with Crippen molar-refractivity contribution in [3.05, 3.63) is 87.2 Å². The Morgan fingerprint density at radius 3 is 2.62 bits per heavy atom. The zero-order chi connectivity index (χ0) is 22.8. The molecule has 2 aromatic carbocycles. The van der Waals surface area contributed by atoms with Gasteiger partial charge in [0, 0.05) is 17.2 Å². The fourth-order valence-corrected chi connectivity index (χ4v) is 3.80. The average molecular weight is 440 g/mol. The minimum Gasteiger partial charge on any atom is -0.493 e. The van der Waals surface area contributed by atoms with Gasteiger partial charge in [0.15, 0.2) is 11.5 Å². The van der Waals surface area contributed by atoms with Crippen LogP contribution in [-0.4, -0.2) is 26.3 Å². The highest BCUT2D eigenvalue weighted by Gasteiger charge is 2.45. The second-order valence-electron chi connectivity index (χ2n) is 7.22. The number of ether oxygens (including phenoxy) is 4.